The van der Waals surface area contributed by atoms with Gasteiger partial charge in [-0.1, -0.05) is 18.2 Å². The van der Waals surface area contributed by atoms with Crippen LogP contribution >= 0.6 is 0 Å². The molecule has 3 heterocycles. The van der Waals surface area contributed by atoms with Crippen LogP contribution in [0.4, 0.5) is 4.39 Å². The highest BCUT2D eigenvalue weighted by molar-refractivity contribution is 5.95. The van der Waals surface area contributed by atoms with Crippen LogP contribution in [-0.4, -0.2) is 57.8 Å². The first-order valence-corrected chi connectivity index (χ1v) is 11.8. The smallest absolute Gasteiger partial charge is 0.321 e. The van der Waals surface area contributed by atoms with Gasteiger partial charge in [-0.3, -0.25) is 9.59 Å². The summed E-state index contributed by atoms with van der Waals surface area (Å²) < 4.78 is 18.9. The molecule has 180 valence electrons. The van der Waals surface area contributed by atoms with Crippen LogP contribution in [0.1, 0.15) is 35.2 Å². The predicted molar refractivity (Wildman–Crippen MR) is 127 cm³/mol. The van der Waals surface area contributed by atoms with Crippen LogP contribution in [0.3, 0.4) is 0 Å². The lowest BCUT2D eigenvalue weighted by Crippen LogP contribution is -2.46. The maximum Gasteiger partial charge on any atom is 0.321 e. The van der Waals surface area contributed by atoms with Gasteiger partial charge in [-0.2, -0.15) is 0 Å². The van der Waals surface area contributed by atoms with Gasteiger partial charge in [-0.05, 0) is 67.6 Å². The van der Waals surface area contributed by atoms with Gasteiger partial charge in [0.1, 0.15) is 11.6 Å². The van der Waals surface area contributed by atoms with E-state index in [1.165, 1.54) is 12.1 Å². The van der Waals surface area contributed by atoms with E-state index in [1.54, 1.807) is 54.9 Å². The van der Waals surface area contributed by atoms with Crippen LogP contribution in [0.5, 0.6) is 11.8 Å². The van der Waals surface area contributed by atoms with Crippen molar-refractivity contribution in [2.75, 3.05) is 20.1 Å². The Balaban J connectivity index is 1.23. The van der Waals surface area contributed by atoms with Gasteiger partial charge in [0.15, 0.2) is 0 Å². The van der Waals surface area contributed by atoms with Crippen LogP contribution in [0.25, 0.3) is 0 Å². The first-order valence-electron chi connectivity index (χ1n) is 11.8. The first kappa shape index (κ1) is 23.0. The van der Waals surface area contributed by atoms with E-state index >= 15 is 0 Å². The van der Waals surface area contributed by atoms with Crippen LogP contribution in [0, 0.1) is 11.2 Å². The fourth-order valence-corrected chi connectivity index (χ4v) is 5.19. The minimum atomic E-state index is -0.439. The molecule has 1 atom stereocenters. The average Bonchev–Trinajstić information content (AvgIpc) is 3.10. The molecule has 35 heavy (non-hydrogen) atoms. The Morgan fingerprint density at radius 2 is 1.80 bits per heavy atom. The molecule has 1 aromatic heterocycles. The molecule has 0 radical (unpaired) electrons. The van der Waals surface area contributed by atoms with Gasteiger partial charge in [0.2, 0.25) is 5.91 Å². The van der Waals surface area contributed by atoms with Gasteiger partial charge in [-0.25, -0.2) is 14.4 Å². The maximum absolute atomic E-state index is 13.3. The van der Waals surface area contributed by atoms with E-state index in [4.69, 9.17) is 4.74 Å². The zero-order valence-corrected chi connectivity index (χ0v) is 19.6. The van der Waals surface area contributed by atoms with Crippen molar-refractivity contribution < 1.29 is 18.7 Å². The summed E-state index contributed by atoms with van der Waals surface area (Å²) in [7, 11) is 1.85. The summed E-state index contributed by atoms with van der Waals surface area (Å²) in [4.78, 5) is 38.2. The largest absolute Gasteiger partial charge is 0.424 e. The third-order valence-electron chi connectivity index (χ3n) is 7.17. The Labute approximate surface area is 203 Å². The van der Waals surface area contributed by atoms with Gasteiger partial charge in [0.05, 0.1) is 5.41 Å². The number of ether oxygens (including phenoxy) is 1. The second-order valence-electron chi connectivity index (χ2n) is 9.34. The van der Waals surface area contributed by atoms with Crippen molar-refractivity contribution in [3.05, 3.63) is 83.9 Å². The molecule has 1 spiro atoms. The van der Waals surface area contributed by atoms with Gasteiger partial charge in [0, 0.05) is 44.1 Å². The summed E-state index contributed by atoms with van der Waals surface area (Å²) in [6.07, 6.45) is 5.90. The van der Waals surface area contributed by atoms with Gasteiger partial charge >= 0.3 is 6.01 Å². The summed E-state index contributed by atoms with van der Waals surface area (Å²) in [5.41, 5.74) is 1.11. The van der Waals surface area contributed by atoms with Crippen molar-refractivity contribution in [2.24, 2.45) is 5.41 Å². The molecule has 2 fully saturated rings. The number of piperidine rings is 1. The lowest BCUT2D eigenvalue weighted by Gasteiger charge is -2.37. The normalized spacial score (nSPS) is 19.3. The molecule has 2 saturated heterocycles. The van der Waals surface area contributed by atoms with E-state index in [9.17, 15) is 14.0 Å². The SMILES string of the molecule is CN1C(=O)C2(CCN(C(=O)c3cccc(Oc4ncccn4)c3)CC2)C[C@@H]1Cc1ccc(F)cc1. The molecule has 0 unspecified atom stereocenters. The molecule has 0 saturated carbocycles. The Morgan fingerprint density at radius 3 is 2.51 bits per heavy atom. The zero-order valence-electron chi connectivity index (χ0n) is 19.6. The van der Waals surface area contributed by atoms with E-state index in [1.807, 2.05) is 16.8 Å². The van der Waals surface area contributed by atoms with Gasteiger partial charge < -0.3 is 14.5 Å². The molecule has 2 aromatic carbocycles. The van der Waals surface area contributed by atoms with E-state index in [0.717, 1.165) is 12.0 Å². The number of benzene rings is 2. The Morgan fingerprint density at radius 1 is 1.09 bits per heavy atom. The predicted octanol–water partition coefficient (Wildman–Crippen LogP) is 4.10. The number of amides is 2. The Hall–Kier alpha value is -3.81. The quantitative estimate of drug-likeness (QED) is 0.557. The topological polar surface area (TPSA) is 75.6 Å². The van der Waals surface area contributed by atoms with Crippen molar-refractivity contribution in [1.82, 2.24) is 19.8 Å². The number of nitrogens with zero attached hydrogens (tertiary/aromatic N) is 4. The molecule has 3 aromatic rings. The summed E-state index contributed by atoms with van der Waals surface area (Å²) in [5, 5.41) is 0. The average molecular weight is 475 g/mol. The van der Waals surface area contributed by atoms with Gasteiger partial charge in [-0.15, -0.1) is 0 Å². The second-order valence-corrected chi connectivity index (χ2v) is 9.34. The monoisotopic (exact) mass is 474 g/mol. The number of hydrogen-bond acceptors (Lipinski definition) is 5. The maximum atomic E-state index is 13.3. The Bertz CT molecular complexity index is 1210. The molecule has 0 aliphatic carbocycles. The molecule has 2 amide bonds. The van der Waals surface area contributed by atoms with E-state index in [0.29, 0.717) is 43.7 Å². The molecule has 0 bridgehead atoms. The number of hydrogen-bond donors (Lipinski definition) is 0. The van der Waals surface area contributed by atoms with Crippen LogP contribution in [-0.2, 0) is 11.2 Å². The molecule has 7 nitrogen and oxygen atoms in total. The van der Waals surface area contributed by atoms with Crippen LogP contribution in [0.15, 0.2) is 67.0 Å². The van der Waals surface area contributed by atoms with E-state index < -0.39 is 5.41 Å². The van der Waals surface area contributed by atoms with Gasteiger partial charge in [0.25, 0.3) is 5.91 Å². The lowest BCUT2D eigenvalue weighted by atomic mass is 9.75. The number of carbonyl (C=O) groups is 2. The minimum Gasteiger partial charge on any atom is -0.424 e. The lowest BCUT2D eigenvalue weighted by molar-refractivity contribution is -0.137. The fourth-order valence-electron chi connectivity index (χ4n) is 5.19. The summed E-state index contributed by atoms with van der Waals surface area (Å²) in [6.45, 7) is 1.04. The number of rotatable bonds is 5. The number of halogens is 1. The molecular formula is C27H27FN4O3. The standard InChI is InChI=1S/C27H27FN4O3/c1-31-22(16-19-6-8-21(28)9-7-19)18-27(25(31)34)10-14-32(15-11-27)24(33)20-4-2-5-23(17-20)35-26-29-12-3-13-30-26/h2-9,12-13,17,22H,10-11,14-16,18H2,1H3/t22-/m0/s1. The molecule has 8 heteroatoms. The van der Waals surface area contributed by atoms with Crippen molar-refractivity contribution in [1.29, 1.82) is 0 Å². The highest BCUT2D eigenvalue weighted by Crippen LogP contribution is 2.45. The fraction of sp³-hybridized carbons (Fsp3) is 0.333. The number of likely N-dealkylation sites (N-methyl/N-ethyl adjacent to an activating group) is 1. The van der Waals surface area contributed by atoms with Crippen molar-refractivity contribution in [3.8, 4) is 11.8 Å². The highest BCUT2D eigenvalue weighted by atomic mass is 19.1. The summed E-state index contributed by atoms with van der Waals surface area (Å²) in [5.74, 6) is 0.297. The first-order chi connectivity index (χ1) is 16.9. The molecule has 2 aliphatic heterocycles. The molecule has 0 N–H and O–H groups in total. The molecule has 2 aliphatic rings. The number of aromatic nitrogens is 2. The summed E-state index contributed by atoms with van der Waals surface area (Å²) in [6, 6.07) is 15.4. The van der Waals surface area contributed by atoms with E-state index in [2.05, 4.69) is 9.97 Å². The molecular weight excluding hydrogens is 447 g/mol. The number of carbonyl (C=O) groups excluding carboxylic acids is 2. The minimum absolute atomic E-state index is 0.0734. The summed E-state index contributed by atoms with van der Waals surface area (Å²) >= 11 is 0. The van der Waals surface area contributed by atoms with Crippen molar-refractivity contribution in [2.45, 2.75) is 31.7 Å². The number of likely N-dealkylation sites (tertiary alicyclic amines) is 2. The zero-order chi connectivity index (χ0) is 24.4. The van der Waals surface area contributed by atoms with Crippen LogP contribution < -0.4 is 4.74 Å². The third kappa shape index (κ3) is 4.73. The molecule has 5 rings (SSSR count). The highest BCUT2D eigenvalue weighted by Gasteiger charge is 2.51. The third-order valence-corrected chi connectivity index (χ3v) is 7.17. The van der Waals surface area contributed by atoms with Crippen molar-refractivity contribution in [3.63, 3.8) is 0 Å². The second kappa shape index (κ2) is 9.44. The Kier molecular flexibility index (Phi) is 6.19. The van der Waals surface area contributed by atoms with E-state index in [-0.39, 0.29) is 29.7 Å². The van der Waals surface area contributed by atoms with Crippen molar-refractivity contribution >= 4 is 11.8 Å². The van der Waals surface area contributed by atoms with Crippen LogP contribution in [0.2, 0.25) is 0 Å².